The molecule has 8 heteroatoms. The predicted molar refractivity (Wildman–Crippen MR) is 95.9 cm³/mol. The Bertz CT molecular complexity index is 756. The minimum atomic E-state index is -3.58. The third-order valence-corrected chi connectivity index (χ3v) is 6.29. The molecule has 1 unspecified atom stereocenters. The first-order valence-electron chi connectivity index (χ1n) is 8.00. The van der Waals surface area contributed by atoms with Crippen LogP contribution in [0.4, 0.5) is 0 Å². The molecule has 6 nitrogen and oxygen atoms in total. The topological polar surface area (TPSA) is 78.8 Å². The van der Waals surface area contributed by atoms with E-state index in [1.54, 1.807) is 36.0 Å². The molecule has 0 radical (unpaired) electrons. The Morgan fingerprint density at radius 1 is 1.33 bits per heavy atom. The van der Waals surface area contributed by atoms with Gasteiger partial charge in [0.1, 0.15) is 11.9 Å². The van der Waals surface area contributed by atoms with Crippen LogP contribution in [0.15, 0.2) is 34.2 Å². The summed E-state index contributed by atoms with van der Waals surface area (Å²) in [5.74, 6) is 1.08. The quantitative estimate of drug-likeness (QED) is 0.855. The number of amidine groups is 1. The lowest BCUT2D eigenvalue weighted by molar-refractivity contribution is -0.131. The van der Waals surface area contributed by atoms with Gasteiger partial charge in [-0.1, -0.05) is 12.1 Å². The highest BCUT2D eigenvalue weighted by molar-refractivity contribution is 7.98. The van der Waals surface area contributed by atoms with E-state index in [1.807, 2.05) is 11.2 Å². The third kappa shape index (κ3) is 3.44. The van der Waals surface area contributed by atoms with E-state index < -0.39 is 16.1 Å². The number of carbonyl (C=O) groups is 1. The fraction of sp³-hybridized carbons (Fsp3) is 0.500. The number of thioether (sulfide) groups is 1. The Hall–Kier alpha value is -1.54. The zero-order valence-electron chi connectivity index (χ0n) is 13.6. The second-order valence-corrected chi connectivity index (χ2v) is 8.55. The van der Waals surface area contributed by atoms with Gasteiger partial charge in [-0.2, -0.15) is 11.8 Å². The van der Waals surface area contributed by atoms with Crippen molar-refractivity contribution in [3.8, 4) is 0 Å². The maximum absolute atomic E-state index is 12.7. The SMILES string of the molecule is CSCCC(N=C1NS(=O)(=O)c2ccccc21)C(=O)N1CCCC1. The van der Waals surface area contributed by atoms with Gasteiger partial charge in [-0.25, -0.2) is 8.42 Å². The molecule has 0 spiro atoms. The molecule has 3 rings (SSSR count). The van der Waals surface area contributed by atoms with Crippen molar-refractivity contribution in [1.82, 2.24) is 9.62 Å². The van der Waals surface area contributed by atoms with E-state index in [9.17, 15) is 13.2 Å². The van der Waals surface area contributed by atoms with Crippen molar-refractivity contribution >= 4 is 33.5 Å². The van der Waals surface area contributed by atoms with Crippen LogP contribution in [0.3, 0.4) is 0 Å². The van der Waals surface area contributed by atoms with Gasteiger partial charge in [0.2, 0.25) is 5.91 Å². The molecule has 0 aromatic heterocycles. The maximum Gasteiger partial charge on any atom is 0.263 e. The summed E-state index contributed by atoms with van der Waals surface area (Å²) in [6, 6.07) is 6.19. The highest BCUT2D eigenvalue weighted by Crippen LogP contribution is 2.23. The number of amides is 1. The Morgan fingerprint density at radius 2 is 2.04 bits per heavy atom. The van der Waals surface area contributed by atoms with Gasteiger partial charge in [0, 0.05) is 18.7 Å². The minimum absolute atomic E-state index is 0.00220. The lowest BCUT2D eigenvalue weighted by Gasteiger charge is -2.20. The van der Waals surface area contributed by atoms with E-state index in [1.165, 1.54) is 0 Å². The molecule has 1 saturated heterocycles. The van der Waals surface area contributed by atoms with E-state index in [-0.39, 0.29) is 16.6 Å². The number of hydrogen-bond donors (Lipinski definition) is 1. The first-order valence-corrected chi connectivity index (χ1v) is 10.9. The van der Waals surface area contributed by atoms with Crippen LogP contribution in [0.1, 0.15) is 24.8 Å². The molecular weight excluding hydrogens is 346 g/mol. The van der Waals surface area contributed by atoms with Crippen molar-refractivity contribution in [2.75, 3.05) is 25.1 Å². The maximum atomic E-state index is 12.7. The highest BCUT2D eigenvalue weighted by atomic mass is 32.2. The first kappa shape index (κ1) is 17.3. The van der Waals surface area contributed by atoms with Crippen LogP contribution < -0.4 is 4.72 Å². The van der Waals surface area contributed by atoms with E-state index in [0.29, 0.717) is 12.0 Å². The summed E-state index contributed by atoms with van der Waals surface area (Å²) in [5, 5.41) is 0. The van der Waals surface area contributed by atoms with Crippen LogP contribution in [0.5, 0.6) is 0 Å². The van der Waals surface area contributed by atoms with Gasteiger partial charge < -0.3 is 4.90 Å². The van der Waals surface area contributed by atoms with Crippen molar-refractivity contribution in [1.29, 1.82) is 0 Å². The molecule has 1 aromatic carbocycles. The van der Waals surface area contributed by atoms with Crippen molar-refractivity contribution in [3.63, 3.8) is 0 Å². The van der Waals surface area contributed by atoms with Gasteiger partial charge in [-0.05, 0) is 43.4 Å². The van der Waals surface area contributed by atoms with Crippen molar-refractivity contribution in [3.05, 3.63) is 29.8 Å². The van der Waals surface area contributed by atoms with Crippen molar-refractivity contribution < 1.29 is 13.2 Å². The molecule has 1 fully saturated rings. The normalized spacial score (nSPS) is 21.5. The van der Waals surface area contributed by atoms with Gasteiger partial charge in [0.15, 0.2) is 0 Å². The first-order chi connectivity index (χ1) is 11.5. The second kappa shape index (κ2) is 7.14. The second-order valence-electron chi connectivity index (χ2n) is 5.91. The van der Waals surface area contributed by atoms with Crippen molar-refractivity contribution in [2.24, 2.45) is 4.99 Å². The molecule has 130 valence electrons. The average Bonchev–Trinajstić information content (AvgIpc) is 3.18. The number of nitrogens with one attached hydrogen (secondary N) is 1. The monoisotopic (exact) mass is 367 g/mol. The number of benzene rings is 1. The van der Waals surface area contributed by atoms with Crippen LogP contribution in [-0.4, -0.2) is 56.2 Å². The van der Waals surface area contributed by atoms with Gasteiger partial charge >= 0.3 is 0 Å². The summed E-state index contributed by atoms with van der Waals surface area (Å²) < 4.78 is 26.9. The van der Waals surface area contributed by atoms with E-state index in [4.69, 9.17) is 0 Å². The van der Waals surface area contributed by atoms with Gasteiger partial charge in [-0.3, -0.25) is 14.5 Å². The summed E-state index contributed by atoms with van der Waals surface area (Å²) in [5.41, 5.74) is 0.542. The molecule has 0 saturated carbocycles. The lowest BCUT2D eigenvalue weighted by Crippen LogP contribution is -2.38. The van der Waals surface area contributed by atoms with Crippen LogP contribution in [0, 0.1) is 0 Å². The van der Waals surface area contributed by atoms with Gasteiger partial charge in [-0.15, -0.1) is 0 Å². The van der Waals surface area contributed by atoms with Crippen LogP contribution in [0.25, 0.3) is 0 Å². The standard InChI is InChI=1S/C16H21N3O3S2/c1-23-11-8-13(16(20)19-9-4-5-10-19)17-15-12-6-2-3-7-14(12)24(21,22)18-15/h2-3,6-7,13H,4-5,8-11H2,1H3,(H,17,18). The summed E-state index contributed by atoms with van der Waals surface area (Å²) in [7, 11) is -3.58. The summed E-state index contributed by atoms with van der Waals surface area (Å²) >= 11 is 1.65. The Balaban J connectivity index is 1.91. The number of rotatable bonds is 5. The highest BCUT2D eigenvalue weighted by Gasteiger charge is 2.33. The fourth-order valence-corrected chi connectivity index (χ4v) is 4.70. The number of likely N-dealkylation sites (tertiary alicyclic amines) is 1. The Labute approximate surface area is 146 Å². The Morgan fingerprint density at radius 3 is 2.75 bits per heavy atom. The average molecular weight is 367 g/mol. The summed E-state index contributed by atoms with van der Waals surface area (Å²) in [6.45, 7) is 1.53. The molecule has 2 aliphatic rings. The minimum Gasteiger partial charge on any atom is -0.341 e. The zero-order valence-corrected chi connectivity index (χ0v) is 15.2. The zero-order chi connectivity index (χ0) is 17.2. The molecule has 0 bridgehead atoms. The molecule has 0 aliphatic carbocycles. The molecule has 24 heavy (non-hydrogen) atoms. The lowest BCUT2D eigenvalue weighted by atomic mass is 10.1. The van der Waals surface area contributed by atoms with Gasteiger partial charge in [0.05, 0.1) is 4.90 Å². The largest absolute Gasteiger partial charge is 0.341 e. The van der Waals surface area contributed by atoms with Crippen LogP contribution >= 0.6 is 11.8 Å². The fourth-order valence-electron chi connectivity index (χ4n) is 3.01. The molecule has 1 atom stereocenters. The smallest absolute Gasteiger partial charge is 0.263 e. The number of sulfonamides is 1. The number of aliphatic imine (C=N–C) groups is 1. The summed E-state index contributed by atoms with van der Waals surface area (Å²) in [6.07, 6.45) is 4.63. The number of fused-ring (bicyclic) bond motifs is 1. The summed E-state index contributed by atoms with van der Waals surface area (Å²) in [4.78, 5) is 19.3. The van der Waals surface area contributed by atoms with Crippen LogP contribution in [0.2, 0.25) is 0 Å². The van der Waals surface area contributed by atoms with E-state index in [2.05, 4.69) is 9.71 Å². The van der Waals surface area contributed by atoms with E-state index in [0.717, 1.165) is 31.7 Å². The molecule has 2 heterocycles. The van der Waals surface area contributed by atoms with E-state index >= 15 is 0 Å². The molecule has 1 aromatic rings. The molecule has 1 N–H and O–H groups in total. The molecular formula is C16H21N3O3S2. The molecule has 1 amide bonds. The third-order valence-electron chi connectivity index (χ3n) is 4.25. The number of carbonyl (C=O) groups excluding carboxylic acids is 1. The van der Waals surface area contributed by atoms with Gasteiger partial charge in [0.25, 0.3) is 10.0 Å². The van der Waals surface area contributed by atoms with Crippen molar-refractivity contribution in [2.45, 2.75) is 30.2 Å². The molecule has 2 aliphatic heterocycles. The predicted octanol–water partition coefficient (Wildman–Crippen LogP) is 1.47. The number of hydrogen-bond acceptors (Lipinski definition) is 5. The number of nitrogens with zero attached hydrogens (tertiary/aromatic N) is 2. The Kier molecular flexibility index (Phi) is 5.15. The van der Waals surface area contributed by atoms with Crippen LogP contribution in [-0.2, 0) is 14.8 Å².